The molecule has 3 heterocycles. The van der Waals surface area contributed by atoms with E-state index in [1.807, 2.05) is 6.92 Å². The number of rotatable bonds is 2. The lowest BCUT2D eigenvalue weighted by molar-refractivity contribution is -0.118. The number of urea groups is 1. The van der Waals surface area contributed by atoms with Gasteiger partial charge in [-0.05, 0) is 25.8 Å². The number of carbonyl (C=O) groups is 2. The lowest BCUT2D eigenvalue weighted by Crippen LogP contribution is -2.41. The van der Waals surface area contributed by atoms with E-state index in [2.05, 4.69) is 25.8 Å². The zero-order valence-corrected chi connectivity index (χ0v) is 14.7. The van der Waals surface area contributed by atoms with Gasteiger partial charge in [-0.15, -0.1) is 0 Å². The number of fused-ring (bicyclic) bond motifs is 1. The van der Waals surface area contributed by atoms with Crippen molar-refractivity contribution in [2.75, 3.05) is 30.3 Å². The molecule has 1 unspecified atom stereocenters. The van der Waals surface area contributed by atoms with Crippen LogP contribution in [0.5, 0.6) is 5.75 Å². The average Bonchev–Trinajstić information content (AvgIpc) is 3.08. The van der Waals surface area contributed by atoms with Crippen molar-refractivity contribution >= 4 is 23.3 Å². The van der Waals surface area contributed by atoms with Crippen molar-refractivity contribution in [2.24, 2.45) is 0 Å². The summed E-state index contributed by atoms with van der Waals surface area (Å²) in [6.45, 7) is 2.68. The molecule has 0 spiro atoms. The number of aromatic nitrogens is 3. The lowest BCUT2D eigenvalue weighted by atomic mass is 9.98. The first-order valence-electron chi connectivity index (χ1n) is 8.70. The molecule has 9 nitrogen and oxygen atoms in total. The highest BCUT2D eigenvalue weighted by Crippen LogP contribution is 2.34. The number of amides is 3. The third kappa shape index (κ3) is 3.55. The largest absolute Gasteiger partial charge is 0.478 e. The summed E-state index contributed by atoms with van der Waals surface area (Å²) in [6.07, 6.45) is 1.73. The Morgan fingerprint density at radius 2 is 2.30 bits per heavy atom. The number of hydrogen-bond donors (Lipinski definition) is 3. The van der Waals surface area contributed by atoms with E-state index in [9.17, 15) is 14.0 Å². The third-order valence-corrected chi connectivity index (χ3v) is 4.60. The van der Waals surface area contributed by atoms with E-state index >= 15 is 0 Å². The van der Waals surface area contributed by atoms with Crippen LogP contribution in [0.3, 0.4) is 0 Å². The van der Waals surface area contributed by atoms with Gasteiger partial charge in [-0.2, -0.15) is 5.10 Å². The second-order valence-corrected chi connectivity index (χ2v) is 6.67. The van der Waals surface area contributed by atoms with Crippen LogP contribution >= 0.6 is 0 Å². The molecule has 27 heavy (non-hydrogen) atoms. The van der Waals surface area contributed by atoms with Crippen molar-refractivity contribution in [3.05, 3.63) is 29.6 Å². The predicted octanol–water partition coefficient (Wildman–Crippen LogP) is 1.99. The minimum Gasteiger partial charge on any atom is -0.478 e. The Morgan fingerprint density at radius 1 is 1.44 bits per heavy atom. The molecule has 2 aliphatic heterocycles. The summed E-state index contributed by atoms with van der Waals surface area (Å²) in [7, 11) is 0. The summed E-state index contributed by atoms with van der Waals surface area (Å²) in [6, 6.07) is 2.32. The van der Waals surface area contributed by atoms with Gasteiger partial charge in [0.05, 0.1) is 5.69 Å². The van der Waals surface area contributed by atoms with Crippen molar-refractivity contribution in [1.82, 2.24) is 20.1 Å². The van der Waals surface area contributed by atoms with Crippen molar-refractivity contribution < 1.29 is 18.7 Å². The number of anilines is 2. The highest BCUT2D eigenvalue weighted by atomic mass is 19.1. The van der Waals surface area contributed by atoms with Crippen molar-refractivity contribution in [3.63, 3.8) is 0 Å². The standard InChI is InChI=1S/C17H19FN6O3/c1-9-19-16(23-22-9)10-3-2-4-24(7-10)17(26)20-11-5-12(18)15-13(6-11)21-14(25)8-27-15/h5-6,10H,2-4,7-8H2,1H3,(H,20,26)(H,21,25)(H,19,22,23). The van der Waals surface area contributed by atoms with Gasteiger partial charge in [0.2, 0.25) is 0 Å². The van der Waals surface area contributed by atoms with Gasteiger partial charge in [0, 0.05) is 30.8 Å². The fraction of sp³-hybridized carbons (Fsp3) is 0.412. The van der Waals surface area contributed by atoms with Crippen molar-refractivity contribution in [3.8, 4) is 5.75 Å². The molecule has 1 atom stereocenters. The molecule has 2 aliphatic rings. The summed E-state index contributed by atoms with van der Waals surface area (Å²) >= 11 is 0. The first-order valence-corrected chi connectivity index (χ1v) is 8.70. The molecule has 2 aromatic rings. The van der Waals surface area contributed by atoms with Crippen LogP contribution in [-0.4, -0.2) is 51.7 Å². The molecule has 3 N–H and O–H groups in total. The number of carbonyl (C=O) groups excluding carboxylic acids is 2. The van der Waals surface area contributed by atoms with Crippen LogP contribution in [0.1, 0.15) is 30.4 Å². The second kappa shape index (κ2) is 6.86. The minimum atomic E-state index is -0.643. The smallest absolute Gasteiger partial charge is 0.321 e. The summed E-state index contributed by atoms with van der Waals surface area (Å²) in [5.41, 5.74) is 0.451. The van der Waals surface area contributed by atoms with Crippen LogP contribution in [0, 0.1) is 12.7 Å². The molecular weight excluding hydrogens is 355 g/mol. The Balaban J connectivity index is 1.46. The first kappa shape index (κ1) is 17.3. The van der Waals surface area contributed by atoms with Gasteiger partial charge in [-0.3, -0.25) is 9.89 Å². The van der Waals surface area contributed by atoms with Crippen LogP contribution in [0.4, 0.5) is 20.6 Å². The molecule has 0 bridgehead atoms. The fourth-order valence-corrected chi connectivity index (χ4v) is 3.35. The van der Waals surface area contributed by atoms with E-state index < -0.39 is 5.82 Å². The van der Waals surface area contributed by atoms with Crippen LogP contribution in [0.2, 0.25) is 0 Å². The summed E-state index contributed by atoms with van der Waals surface area (Å²) in [5.74, 6) is 0.458. The zero-order chi connectivity index (χ0) is 19.0. The van der Waals surface area contributed by atoms with Gasteiger partial charge in [-0.1, -0.05) is 0 Å². The molecular formula is C17H19FN6O3. The second-order valence-electron chi connectivity index (χ2n) is 6.67. The number of halogens is 1. The highest BCUT2D eigenvalue weighted by molar-refractivity contribution is 5.97. The summed E-state index contributed by atoms with van der Waals surface area (Å²) in [5, 5.41) is 12.2. The predicted molar refractivity (Wildman–Crippen MR) is 94.2 cm³/mol. The maximum Gasteiger partial charge on any atom is 0.321 e. The molecule has 1 aromatic carbocycles. The first-order chi connectivity index (χ1) is 13.0. The molecule has 1 fully saturated rings. The van der Waals surface area contributed by atoms with E-state index in [0.717, 1.165) is 18.7 Å². The van der Waals surface area contributed by atoms with Crippen LogP contribution in [0.15, 0.2) is 12.1 Å². The summed E-state index contributed by atoms with van der Waals surface area (Å²) in [4.78, 5) is 30.0. The number of aryl methyl sites for hydroxylation is 1. The monoisotopic (exact) mass is 374 g/mol. The number of piperidine rings is 1. The number of likely N-dealkylation sites (tertiary alicyclic amines) is 1. The Kier molecular flexibility index (Phi) is 4.38. The maximum atomic E-state index is 14.2. The van der Waals surface area contributed by atoms with E-state index in [1.165, 1.54) is 12.1 Å². The van der Waals surface area contributed by atoms with Crippen LogP contribution < -0.4 is 15.4 Å². The number of nitrogens with zero attached hydrogens (tertiary/aromatic N) is 3. The lowest BCUT2D eigenvalue weighted by Gasteiger charge is -2.31. The molecule has 0 aliphatic carbocycles. The fourth-order valence-electron chi connectivity index (χ4n) is 3.35. The maximum absolute atomic E-state index is 14.2. The van der Waals surface area contributed by atoms with E-state index in [-0.39, 0.29) is 41.6 Å². The molecule has 10 heteroatoms. The Morgan fingerprint density at radius 3 is 3.07 bits per heavy atom. The van der Waals surface area contributed by atoms with Crippen molar-refractivity contribution in [1.29, 1.82) is 0 Å². The molecule has 0 saturated carbocycles. The number of H-pyrrole nitrogens is 1. The van der Waals surface area contributed by atoms with Gasteiger partial charge in [0.1, 0.15) is 5.82 Å². The topological polar surface area (TPSA) is 112 Å². The van der Waals surface area contributed by atoms with Gasteiger partial charge < -0.3 is 20.3 Å². The molecule has 1 aromatic heterocycles. The van der Waals surface area contributed by atoms with Gasteiger partial charge >= 0.3 is 6.03 Å². The number of nitrogens with one attached hydrogen (secondary N) is 3. The number of benzene rings is 1. The SMILES string of the molecule is Cc1nc(C2CCCN(C(=O)Nc3cc(F)c4c(c3)NC(=O)CO4)C2)n[nH]1. The molecule has 142 valence electrons. The van der Waals surface area contributed by atoms with E-state index in [0.29, 0.717) is 18.9 Å². The normalized spacial score (nSPS) is 19.1. The van der Waals surface area contributed by atoms with Gasteiger partial charge in [0.25, 0.3) is 5.91 Å². The average molecular weight is 374 g/mol. The third-order valence-electron chi connectivity index (χ3n) is 4.60. The van der Waals surface area contributed by atoms with E-state index in [1.54, 1.807) is 4.90 Å². The number of hydrogen-bond acceptors (Lipinski definition) is 5. The number of ether oxygens (including phenoxy) is 1. The van der Waals surface area contributed by atoms with Crippen molar-refractivity contribution in [2.45, 2.75) is 25.7 Å². The van der Waals surface area contributed by atoms with Crippen LogP contribution in [0.25, 0.3) is 0 Å². The van der Waals surface area contributed by atoms with E-state index in [4.69, 9.17) is 4.74 Å². The highest BCUT2D eigenvalue weighted by Gasteiger charge is 2.28. The Hall–Kier alpha value is -3.17. The van der Waals surface area contributed by atoms with Gasteiger partial charge in [-0.25, -0.2) is 14.2 Å². The van der Waals surface area contributed by atoms with Gasteiger partial charge in [0.15, 0.2) is 24.0 Å². The van der Waals surface area contributed by atoms with Crippen LogP contribution in [-0.2, 0) is 4.79 Å². The summed E-state index contributed by atoms with van der Waals surface area (Å²) < 4.78 is 19.3. The molecule has 3 amide bonds. The molecule has 1 saturated heterocycles. The number of aromatic amines is 1. The molecule has 4 rings (SSSR count). The zero-order valence-electron chi connectivity index (χ0n) is 14.7. The Bertz CT molecular complexity index is 899. The Labute approximate surface area is 154 Å². The quantitative estimate of drug-likeness (QED) is 0.744. The molecule has 0 radical (unpaired) electrons. The minimum absolute atomic E-state index is 0.0226.